The molecule has 0 saturated heterocycles. The maximum absolute atomic E-state index is 2.45. The van der Waals surface area contributed by atoms with Crippen LogP contribution in [0.3, 0.4) is 0 Å². The first-order chi connectivity index (χ1) is 28.3. The van der Waals surface area contributed by atoms with Gasteiger partial charge in [0.15, 0.2) is 0 Å². The summed E-state index contributed by atoms with van der Waals surface area (Å²) in [6.07, 6.45) is 0. The first kappa shape index (κ1) is 32.1. The first-order valence-corrected chi connectivity index (χ1v) is 20.3. The number of hydrogen-bond acceptors (Lipinski definition) is 1. The molecule has 57 heavy (non-hydrogen) atoms. The highest BCUT2D eigenvalue weighted by molar-refractivity contribution is 7.26. The number of para-hydroxylation sites is 3. The molecule has 0 amide bonds. The maximum Gasteiger partial charge on any atom is 0.0541 e. The molecule has 3 heterocycles. The van der Waals surface area contributed by atoms with Gasteiger partial charge in [-0.2, -0.15) is 0 Å². The minimum atomic E-state index is 1.17. The molecular weight excluding hydrogens is 709 g/mol. The quantitative estimate of drug-likeness (QED) is 0.166. The summed E-state index contributed by atoms with van der Waals surface area (Å²) >= 11 is 1.87. The van der Waals surface area contributed by atoms with E-state index in [9.17, 15) is 0 Å². The summed E-state index contributed by atoms with van der Waals surface area (Å²) in [4.78, 5) is 0. The predicted octanol–water partition coefficient (Wildman–Crippen LogP) is 15.2. The van der Waals surface area contributed by atoms with E-state index in [1.54, 1.807) is 0 Å². The van der Waals surface area contributed by atoms with Crippen molar-refractivity contribution in [3.63, 3.8) is 0 Å². The molecule has 0 radical (unpaired) electrons. The van der Waals surface area contributed by atoms with Crippen LogP contribution >= 0.6 is 11.3 Å². The molecule has 12 rings (SSSR count). The van der Waals surface area contributed by atoms with Gasteiger partial charge < -0.3 is 9.13 Å². The van der Waals surface area contributed by atoms with E-state index in [4.69, 9.17) is 0 Å². The molecule has 0 N–H and O–H groups in total. The molecule has 0 aliphatic rings. The van der Waals surface area contributed by atoms with Gasteiger partial charge in [-0.25, -0.2) is 0 Å². The summed E-state index contributed by atoms with van der Waals surface area (Å²) in [6.45, 7) is 0. The summed E-state index contributed by atoms with van der Waals surface area (Å²) in [5.74, 6) is 0. The number of benzene rings is 9. The van der Waals surface area contributed by atoms with E-state index in [2.05, 4.69) is 215 Å². The molecule has 9 aromatic carbocycles. The molecule has 266 valence electrons. The van der Waals surface area contributed by atoms with Crippen LogP contribution < -0.4 is 0 Å². The van der Waals surface area contributed by atoms with Gasteiger partial charge in [-0.1, -0.05) is 127 Å². The standard InChI is InChI=1S/C54H34N2S/c1-3-13-35(14-4-1)36-15-11-16-39(31-36)42-21-12-24-53-54(42)47-34-41(27-30-52(47)57-53)56-49-23-10-8-20-44(49)46-33-38(26-29-51(46)56)37-25-28-50-45(32-37)43-19-7-9-22-48(43)55(50)40-17-5-2-6-18-40/h1-34H. The molecule has 3 heteroatoms. The Kier molecular flexibility index (Phi) is 7.13. The average molecular weight is 743 g/mol. The molecule has 12 aromatic rings. The lowest BCUT2D eigenvalue weighted by Crippen LogP contribution is -1.93. The summed E-state index contributed by atoms with van der Waals surface area (Å²) < 4.78 is 7.43. The van der Waals surface area contributed by atoms with E-state index in [0.717, 1.165) is 0 Å². The molecule has 0 saturated carbocycles. The third-order valence-electron chi connectivity index (χ3n) is 11.7. The Morgan fingerprint density at radius 3 is 1.53 bits per heavy atom. The van der Waals surface area contributed by atoms with Crippen molar-refractivity contribution in [2.24, 2.45) is 0 Å². The molecule has 0 aliphatic carbocycles. The zero-order valence-electron chi connectivity index (χ0n) is 30.9. The minimum Gasteiger partial charge on any atom is -0.309 e. The second kappa shape index (κ2) is 12.7. The van der Waals surface area contributed by atoms with Crippen molar-refractivity contribution < 1.29 is 0 Å². The number of aromatic nitrogens is 2. The van der Waals surface area contributed by atoms with Gasteiger partial charge in [0.2, 0.25) is 0 Å². The SMILES string of the molecule is c1ccc(-c2cccc(-c3cccc4sc5ccc(-n6c7ccccc7c7cc(-c8ccc9c(c8)c8ccccc8n9-c8ccccc8)ccc76)cc5c34)c2)cc1. The highest BCUT2D eigenvalue weighted by Gasteiger charge is 2.18. The topological polar surface area (TPSA) is 9.86 Å². The van der Waals surface area contributed by atoms with Crippen molar-refractivity contribution >= 4 is 75.1 Å². The molecule has 0 bridgehead atoms. The zero-order chi connectivity index (χ0) is 37.5. The number of hydrogen-bond donors (Lipinski definition) is 0. The van der Waals surface area contributed by atoms with Gasteiger partial charge in [-0.15, -0.1) is 11.3 Å². The van der Waals surface area contributed by atoms with Gasteiger partial charge >= 0.3 is 0 Å². The second-order valence-electron chi connectivity index (χ2n) is 14.9. The Bertz CT molecular complexity index is 3510. The van der Waals surface area contributed by atoms with Crippen LogP contribution in [0.4, 0.5) is 0 Å². The molecule has 0 spiro atoms. The van der Waals surface area contributed by atoms with Crippen LogP contribution in [0.25, 0.3) is 109 Å². The van der Waals surface area contributed by atoms with Gasteiger partial charge in [0.25, 0.3) is 0 Å². The number of thiophene rings is 1. The lowest BCUT2D eigenvalue weighted by atomic mass is 9.96. The molecule has 0 fully saturated rings. The molecular formula is C54H34N2S. The van der Waals surface area contributed by atoms with Crippen molar-refractivity contribution in [2.75, 3.05) is 0 Å². The summed E-state index contributed by atoms with van der Waals surface area (Å²) in [5.41, 5.74) is 14.6. The summed E-state index contributed by atoms with van der Waals surface area (Å²) in [5, 5.41) is 7.64. The number of nitrogens with zero attached hydrogens (tertiary/aromatic N) is 2. The van der Waals surface area contributed by atoms with Crippen molar-refractivity contribution in [1.29, 1.82) is 0 Å². The van der Waals surface area contributed by atoms with E-state index >= 15 is 0 Å². The lowest BCUT2D eigenvalue weighted by Gasteiger charge is -2.11. The molecule has 0 atom stereocenters. The Morgan fingerprint density at radius 1 is 0.281 bits per heavy atom. The summed E-state index contributed by atoms with van der Waals surface area (Å²) in [6, 6.07) is 75.6. The highest BCUT2D eigenvalue weighted by atomic mass is 32.1. The average Bonchev–Trinajstić information content (AvgIpc) is 3.94. The molecule has 0 unspecified atom stereocenters. The van der Waals surface area contributed by atoms with Crippen LogP contribution in [0, 0.1) is 0 Å². The second-order valence-corrected chi connectivity index (χ2v) is 16.0. The van der Waals surface area contributed by atoms with Gasteiger partial charge in [0.1, 0.15) is 0 Å². The Morgan fingerprint density at radius 2 is 0.825 bits per heavy atom. The fraction of sp³-hybridized carbons (Fsp3) is 0. The third-order valence-corrected chi connectivity index (χ3v) is 12.8. The first-order valence-electron chi connectivity index (χ1n) is 19.5. The highest BCUT2D eigenvalue weighted by Crippen LogP contribution is 2.43. The fourth-order valence-electron chi connectivity index (χ4n) is 9.13. The van der Waals surface area contributed by atoms with Crippen LogP contribution in [0.5, 0.6) is 0 Å². The van der Waals surface area contributed by atoms with Crippen LogP contribution in [-0.2, 0) is 0 Å². The predicted molar refractivity (Wildman–Crippen MR) is 244 cm³/mol. The van der Waals surface area contributed by atoms with Crippen molar-refractivity contribution in [1.82, 2.24) is 9.13 Å². The van der Waals surface area contributed by atoms with E-state index in [-0.39, 0.29) is 0 Å². The van der Waals surface area contributed by atoms with Crippen molar-refractivity contribution in [3.05, 3.63) is 206 Å². The fourth-order valence-corrected chi connectivity index (χ4v) is 10.2. The van der Waals surface area contributed by atoms with Crippen LogP contribution in [-0.4, -0.2) is 9.13 Å². The van der Waals surface area contributed by atoms with Crippen molar-refractivity contribution in [3.8, 4) is 44.8 Å². The zero-order valence-corrected chi connectivity index (χ0v) is 31.7. The third kappa shape index (κ3) is 5.03. The number of fused-ring (bicyclic) bond motifs is 9. The van der Waals surface area contributed by atoms with E-state index in [1.165, 1.54) is 109 Å². The maximum atomic E-state index is 2.45. The van der Waals surface area contributed by atoms with Gasteiger partial charge in [-0.05, 0) is 112 Å². The molecule has 0 aliphatic heterocycles. The Labute approximate surface area is 333 Å². The normalized spacial score (nSPS) is 11.9. The Hall–Kier alpha value is -7.20. The molecule has 2 nitrogen and oxygen atoms in total. The Balaban J connectivity index is 1.01. The van der Waals surface area contributed by atoms with E-state index in [1.807, 2.05) is 11.3 Å². The van der Waals surface area contributed by atoms with Crippen LogP contribution in [0.1, 0.15) is 0 Å². The largest absolute Gasteiger partial charge is 0.309 e. The summed E-state index contributed by atoms with van der Waals surface area (Å²) in [7, 11) is 0. The molecule has 3 aromatic heterocycles. The van der Waals surface area contributed by atoms with Crippen molar-refractivity contribution in [2.45, 2.75) is 0 Å². The van der Waals surface area contributed by atoms with Gasteiger partial charge in [0.05, 0.1) is 22.1 Å². The lowest BCUT2D eigenvalue weighted by molar-refractivity contribution is 1.18. The smallest absolute Gasteiger partial charge is 0.0541 e. The minimum absolute atomic E-state index is 1.17. The van der Waals surface area contributed by atoms with Gasteiger partial charge in [0, 0.05) is 53.1 Å². The number of rotatable bonds is 5. The van der Waals surface area contributed by atoms with Crippen LogP contribution in [0.2, 0.25) is 0 Å². The van der Waals surface area contributed by atoms with E-state index in [0.29, 0.717) is 0 Å². The van der Waals surface area contributed by atoms with E-state index < -0.39 is 0 Å². The van der Waals surface area contributed by atoms with Gasteiger partial charge in [-0.3, -0.25) is 0 Å². The van der Waals surface area contributed by atoms with Crippen LogP contribution in [0.15, 0.2) is 206 Å². The monoisotopic (exact) mass is 742 g/mol.